The molecular weight excluding hydrogens is 156 g/mol. The Kier molecular flexibility index (Phi) is 1.51. The summed E-state index contributed by atoms with van der Waals surface area (Å²) in [4.78, 5) is 13.8. The number of nitrogens with zero attached hydrogens (tertiary/aromatic N) is 2. The molecule has 0 aliphatic heterocycles. The molecule has 0 aromatic heterocycles. The Hall–Kier alpha value is -1.15. The van der Waals surface area contributed by atoms with Gasteiger partial charge >= 0.3 is 5.97 Å². The van der Waals surface area contributed by atoms with E-state index in [1.54, 1.807) is 0 Å². The van der Waals surface area contributed by atoms with Crippen LogP contribution in [-0.4, -0.2) is 21.6 Å². The maximum Gasteiger partial charge on any atom is 0.306 e. The van der Waals surface area contributed by atoms with Gasteiger partial charge in [0.15, 0.2) is 0 Å². The van der Waals surface area contributed by atoms with E-state index in [1.807, 2.05) is 0 Å². The first kappa shape index (κ1) is 7.50. The van der Waals surface area contributed by atoms with Gasteiger partial charge in [-0.15, -0.1) is 0 Å². The van der Waals surface area contributed by atoms with E-state index < -0.39 is 5.97 Å². The van der Waals surface area contributed by atoms with Crippen LogP contribution in [0.5, 0.6) is 0 Å². The molecule has 2 rings (SSSR count). The molecule has 64 valence electrons. The topological polar surface area (TPSA) is 73.7 Å². The van der Waals surface area contributed by atoms with Crippen LogP contribution in [0.2, 0.25) is 0 Å². The van der Waals surface area contributed by atoms with Gasteiger partial charge in [-0.2, -0.15) is 4.79 Å². The average Bonchev–Trinajstić information content (AvgIpc) is 2.26. The summed E-state index contributed by atoms with van der Waals surface area (Å²) in [6.45, 7) is 0. The van der Waals surface area contributed by atoms with Crippen molar-refractivity contribution < 1.29 is 14.7 Å². The molecule has 2 aliphatic carbocycles. The fraction of sp³-hybridized carbons (Fsp3) is 0.750. The lowest BCUT2D eigenvalue weighted by atomic mass is 9.66. The number of carboxylic acids is 1. The van der Waals surface area contributed by atoms with Crippen molar-refractivity contribution in [3.05, 3.63) is 5.53 Å². The van der Waals surface area contributed by atoms with Gasteiger partial charge in [0, 0.05) is 6.42 Å². The maximum absolute atomic E-state index is 10.6. The lowest BCUT2D eigenvalue weighted by molar-refractivity contribution is -0.149. The van der Waals surface area contributed by atoms with E-state index in [-0.39, 0.29) is 17.8 Å². The highest BCUT2D eigenvalue weighted by Gasteiger charge is 2.54. The van der Waals surface area contributed by atoms with Gasteiger partial charge in [0.25, 0.3) is 5.71 Å². The zero-order chi connectivity index (χ0) is 8.72. The molecular formula is C8H10N2O2. The van der Waals surface area contributed by atoms with Gasteiger partial charge in [-0.05, 0) is 18.8 Å². The van der Waals surface area contributed by atoms with Crippen molar-refractivity contribution in [2.45, 2.75) is 19.3 Å². The zero-order valence-corrected chi connectivity index (χ0v) is 6.60. The molecule has 0 saturated heterocycles. The number of hydrogen-bond acceptors (Lipinski definition) is 1. The fourth-order valence-electron chi connectivity index (χ4n) is 2.40. The van der Waals surface area contributed by atoms with Crippen molar-refractivity contribution in [2.75, 3.05) is 0 Å². The molecule has 0 spiro atoms. The van der Waals surface area contributed by atoms with Crippen LogP contribution in [0.25, 0.3) is 5.53 Å². The van der Waals surface area contributed by atoms with Crippen LogP contribution in [0, 0.1) is 17.8 Å². The minimum Gasteiger partial charge on any atom is -0.481 e. The second-order valence-electron chi connectivity index (χ2n) is 3.58. The minimum absolute atomic E-state index is 0.186. The van der Waals surface area contributed by atoms with Crippen LogP contribution in [0.4, 0.5) is 0 Å². The molecule has 0 aromatic carbocycles. The Morgan fingerprint density at radius 3 is 3.00 bits per heavy atom. The highest BCUT2D eigenvalue weighted by molar-refractivity contribution is 5.88. The van der Waals surface area contributed by atoms with Gasteiger partial charge in [0.05, 0.1) is 11.8 Å². The molecule has 0 amide bonds. The lowest BCUT2D eigenvalue weighted by Crippen LogP contribution is -2.40. The minimum atomic E-state index is -0.699. The standard InChI is InChI=1S/C8H10N2O2/c9-10-7-2-1-4-5(7)3-6(4)8(11)12/h4-6H,1-3H2,(H,11,12). The van der Waals surface area contributed by atoms with Gasteiger partial charge in [-0.3, -0.25) is 4.79 Å². The van der Waals surface area contributed by atoms with E-state index in [0.717, 1.165) is 18.6 Å². The molecule has 2 aliphatic rings. The molecule has 0 heterocycles. The molecule has 3 atom stereocenters. The summed E-state index contributed by atoms with van der Waals surface area (Å²) in [6, 6.07) is 0. The van der Waals surface area contributed by atoms with Crippen LogP contribution in [0.1, 0.15) is 19.3 Å². The third-order valence-electron chi connectivity index (χ3n) is 3.15. The van der Waals surface area contributed by atoms with Crippen LogP contribution in [0.3, 0.4) is 0 Å². The summed E-state index contributed by atoms with van der Waals surface area (Å²) in [5, 5.41) is 8.74. The molecule has 0 bridgehead atoms. The summed E-state index contributed by atoms with van der Waals surface area (Å²) in [5.74, 6) is -0.380. The maximum atomic E-state index is 10.6. The molecule has 4 heteroatoms. The predicted molar refractivity (Wildman–Crippen MR) is 40.6 cm³/mol. The summed E-state index contributed by atoms with van der Waals surface area (Å²) in [6.07, 6.45) is 2.32. The number of rotatable bonds is 1. The van der Waals surface area contributed by atoms with Gasteiger partial charge < -0.3 is 10.6 Å². The second-order valence-corrected chi connectivity index (χ2v) is 3.58. The van der Waals surface area contributed by atoms with Gasteiger partial charge in [-0.25, -0.2) is 0 Å². The molecule has 0 aromatic rings. The highest BCUT2D eigenvalue weighted by Crippen LogP contribution is 2.49. The van der Waals surface area contributed by atoms with Crippen molar-refractivity contribution in [1.82, 2.24) is 0 Å². The highest BCUT2D eigenvalue weighted by atomic mass is 16.4. The van der Waals surface area contributed by atoms with Gasteiger partial charge in [-0.1, -0.05) is 0 Å². The van der Waals surface area contributed by atoms with Gasteiger partial charge in [0.2, 0.25) is 0 Å². The van der Waals surface area contributed by atoms with Crippen LogP contribution < -0.4 is 0 Å². The van der Waals surface area contributed by atoms with Crippen molar-refractivity contribution in [3.8, 4) is 0 Å². The van der Waals surface area contributed by atoms with E-state index in [1.165, 1.54) is 0 Å². The van der Waals surface area contributed by atoms with Crippen molar-refractivity contribution in [3.63, 3.8) is 0 Å². The second kappa shape index (κ2) is 2.42. The number of aliphatic carboxylic acids is 1. The average molecular weight is 166 g/mol. The predicted octanol–water partition coefficient (Wildman–Crippen LogP) is 0.788. The molecule has 12 heavy (non-hydrogen) atoms. The van der Waals surface area contributed by atoms with E-state index in [2.05, 4.69) is 4.79 Å². The van der Waals surface area contributed by atoms with E-state index in [9.17, 15) is 4.79 Å². The van der Waals surface area contributed by atoms with Crippen molar-refractivity contribution >= 4 is 11.7 Å². The SMILES string of the molecule is [N-]=[N+]=C1CCC2C(C(=O)O)CC12. The molecule has 2 saturated carbocycles. The summed E-state index contributed by atoms with van der Waals surface area (Å²) < 4.78 is 0. The van der Waals surface area contributed by atoms with Crippen LogP contribution in [-0.2, 0) is 4.79 Å². The largest absolute Gasteiger partial charge is 0.481 e. The van der Waals surface area contributed by atoms with Gasteiger partial charge in [0.1, 0.15) is 0 Å². The van der Waals surface area contributed by atoms with E-state index in [0.29, 0.717) is 6.42 Å². The van der Waals surface area contributed by atoms with E-state index >= 15 is 0 Å². The third-order valence-corrected chi connectivity index (χ3v) is 3.15. The first-order chi connectivity index (χ1) is 5.74. The number of carbonyl (C=O) groups is 1. The monoisotopic (exact) mass is 166 g/mol. The van der Waals surface area contributed by atoms with Crippen LogP contribution in [0.15, 0.2) is 0 Å². The smallest absolute Gasteiger partial charge is 0.306 e. The van der Waals surface area contributed by atoms with E-state index in [4.69, 9.17) is 10.6 Å². The number of hydrogen-bond donors (Lipinski definition) is 1. The number of carboxylic acid groups (broad SMARTS) is 1. The Morgan fingerprint density at radius 2 is 2.42 bits per heavy atom. The van der Waals surface area contributed by atoms with Crippen molar-refractivity contribution in [2.24, 2.45) is 17.8 Å². The molecule has 1 N–H and O–H groups in total. The molecule has 0 radical (unpaired) electrons. The first-order valence-corrected chi connectivity index (χ1v) is 4.17. The van der Waals surface area contributed by atoms with Crippen LogP contribution >= 0.6 is 0 Å². The Labute approximate surface area is 69.8 Å². The Morgan fingerprint density at radius 1 is 1.67 bits per heavy atom. The third kappa shape index (κ3) is 0.816. The summed E-state index contributed by atoms with van der Waals surface area (Å²) >= 11 is 0. The number of fused-ring (bicyclic) bond motifs is 1. The summed E-state index contributed by atoms with van der Waals surface area (Å²) in [7, 11) is 0. The molecule has 2 fully saturated rings. The summed E-state index contributed by atoms with van der Waals surface area (Å²) in [5.41, 5.74) is 9.36. The fourth-order valence-corrected chi connectivity index (χ4v) is 2.40. The van der Waals surface area contributed by atoms with Crippen molar-refractivity contribution in [1.29, 1.82) is 0 Å². The lowest BCUT2D eigenvalue weighted by Gasteiger charge is -2.34. The molecule has 4 nitrogen and oxygen atoms in total. The normalized spacial score (nSPS) is 38.3. The quantitative estimate of drug-likeness (QED) is 0.462. The zero-order valence-electron chi connectivity index (χ0n) is 6.60. The Balaban J connectivity index is 2.12. The Bertz CT molecular complexity index is 281. The first-order valence-electron chi connectivity index (χ1n) is 4.17. The molecule has 3 unspecified atom stereocenters.